The lowest BCUT2D eigenvalue weighted by Gasteiger charge is -2.36. The van der Waals surface area contributed by atoms with Crippen molar-refractivity contribution >= 4 is 39.3 Å². The van der Waals surface area contributed by atoms with Crippen molar-refractivity contribution < 1.29 is 14.4 Å². The Morgan fingerprint density at radius 3 is 2.21 bits per heavy atom. The molecule has 1 unspecified atom stereocenters. The zero-order valence-electron chi connectivity index (χ0n) is 18.9. The average molecular weight is 462 g/mol. The Hall–Kier alpha value is -3.06. The van der Waals surface area contributed by atoms with E-state index in [2.05, 4.69) is 6.07 Å². The molecule has 6 nitrogen and oxygen atoms in total. The third-order valence-corrected chi connectivity index (χ3v) is 7.78. The molecule has 3 heterocycles. The van der Waals surface area contributed by atoms with E-state index in [0.29, 0.717) is 36.6 Å². The number of thiazole rings is 1. The van der Waals surface area contributed by atoms with Gasteiger partial charge in [0.05, 0.1) is 26.4 Å². The summed E-state index contributed by atoms with van der Waals surface area (Å²) in [6.07, 6.45) is 2.13. The lowest BCUT2D eigenvalue weighted by atomic mass is 9.95. The molecule has 2 aromatic carbocycles. The Morgan fingerprint density at radius 2 is 1.61 bits per heavy atom. The summed E-state index contributed by atoms with van der Waals surface area (Å²) in [5.41, 5.74) is 1.80. The lowest BCUT2D eigenvalue weighted by molar-refractivity contribution is -0.137. The average Bonchev–Trinajstić information content (AvgIpc) is 3.37. The fraction of sp³-hybridized carbons (Fsp3) is 0.385. The fourth-order valence-corrected chi connectivity index (χ4v) is 6.01. The van der Waals surface area contributed by atoms with E-state index in [1.54, 1.807) is 35.6 Å². The number of amides is 3. The first-order chi connectivity index (χ1) is 15.9. The van der Waals surface area contributed by atoms with Gasteiger partial charge in [0, 0.05) is 19.0 Å². The Bertz CT molecular complexity index is 1160. The number of aromatic nitrogens is 1. The molecule has 0 saturated carbocycles. The monoisotopic (exact) mass is 461 g/mol. The highest BCUT2D eigenvalue weighted by molar-refractivity contribution is 7.18. The van der Waals surface area contributed by atoms with Crippen LogP contribution in [0.4, 0.5) is 0 Å². The van der Waals surface area contributed by atoms with Crippen molar-refractivity contribution in [3.63, 3.8) is 0 Å². The highest BCUT2D eigenvalue weighted by Crippen LogP contribution is 2.35. The second-order valence-corrected chi connectivity index (χ2v) is 10.4. The highest BCUT2D eigenvalue weighted by atomic mass is 32.1. The summed E-state index contributed by atoms with van der Waals surface area (Å²) in [6, 6.07) is 14.2. The van der Waals surface area contributed by atoms with Gasteiger partial charge in [0.1, 0.15) is 6.04 Å². The number of carbonyl (C=O) groups is 3. The topological polar surface area (TPSA) is 70.6 Å². The summed E-state index contributed by atoms with van der Waals surface area (Å²) >= 11 is 1.73. The summed E-state index contributed by atoms with van der Waals surface area (Å²) in [7, 11) is 0. The van der Waals surface area contributed by atoms with Gasteiger partial charge in [0.15, 0.2) is 0 Å². The summed E-state index contributed by atoms with van der Waals surface area (Å²) in [4.78, 5) is 47.6. The van der Waals surface area contributed by atoms with Crippen LogP contribution in [0.15, 0.2) is 48.5 Å². The number of imide groups is 1. The Kier molecular flexibility index (Phi) is 5.74. The molecule has 33 heavy (non-hydrogen) atoms. The highest BCUT2D eigenvalue weighted by Gasteiger charge is 2.44. The first-order valence-corrected chi connectivity index (χ1v) is 12.4. The zero-order valence-corrected chi connectivity index (χ0v) is 19.7. The molecule has 3 amide bonds. The molecule has 2 aliphatic rings. The smallest absolute Gasteiger partial charge is 0.262 e. The number of likely N-dealkylation sites (tertiary alicyclic amines) is 1. The first kappa shape index (κ1) is 21.8. The van der Waals surface area contributed by atoms with Crippen LogP contribution in [-0.2, 0) is 4.79 Å². The molecule has 170 valence electrons. The number of rotatable bonds is 5. The molecule has 0 spiro atoms. The number of hydrogen-bond acceptors (Lipinski definition) is 5. The molecular formula is C26H27N3O3S. The number of nitrogens with zero attached hydrogens (tertiary/aromatic N) is 3. The summed E-state index contributed by atoms with van der Waals surface area (Å²) in [6.45, 7) is 5.24. The van der Waals surface area contributed by atoms with Crippen molar-refractivity contribution in [2.75, 3.05) is 13.1 Å². The van der Waals surface area contributed by atoms with Crippen molar-refractivity contribution in [2.45, 2.75) is 45.1 Å². The van der Waals surface area contributed by atoms with Crippen LogP contribution < -0.4 is 0 Å². The number of fused-ring (bicyclic) bond motifs is 2. The van der Waals surface area contributed by atoms with Crippen LogP contribution in [0.5, 0.6) is 0 Å². The molecule has 1 saturated heterocycles. The second-order valence-electron chi connectivity index (χ2n) is 9.29. The Labute approximate surface area is 197 Å². The number of para-hydroxylation sites is 1. The summed E-state index contributed by atoms with van der Waals surface area (Å²) in [5, 5.41) is 1.13. The molecule has 0 N–H and O–H groups in total. The molecule has 0 radical (unpaired) electrons. The van der Waals surface area contributed by atoms with Gasteiger partial charge in [-0.15, -0.1) is 11.3 Å². The van der Waals surface area contributed by atoms with E-state index in [9.17, 15) is 14.4 Å². The van der Waals surface area contributed by atoms with Crippen LogP contribution in [0.25, 0.3) is 10.2 Å². The zero-order chi connectivity index (χ0) is 23.1. The van der Waals surface area contributed by atoms with Crippen molar-refractivity contribution in [1.82, 2.24) is 14.8 Å². The van der Waals surface area contributed by atoms with Crippen LogP contribution in [-0.4, -0.2) is 51.6 Å². The Morgan fingerprint density at radius 1 is 1.00 bits per heavy atom. The number of hydrogen-bond donors (Lipinski definition) is 0. The lowest BCUT2D eigenvalue weighted by Crippen LogP contribution is -2.53. The van der Waals surface area contributed by atoms with E-state index in [1.165, 1.54) is 9.60 Å². The predicted octanol–water partition coefficient (Wildman–Crippen LogP) is 4.71. The van der Waals surface area contributed by atoms with E-state index in [1.807, 2.05) is 36.9 Å². The molecule has 7 heteroatoms. The van der Waals surface area contributed by atoms with E-state index in [-0.39, 0.29) is 23.6 Å². The van der Waals surface area contributed by atoms with Crippen LogP contribution in [0.3, 0.4) is 0 Å². The second kappa shape index (κ2) is 8.71. The summed E-state index contributed by atoms with van der Waals surface area (Å²) < 4.78 is 1.19. The third kappa shape index (κ3) is 3.95. The largest absolute Gasteiger partial charge is 0.341 e. The van der Waals surface area contributed by atoms with E-state index in [4.69, 9.17) is 4.98 Å². The molecular weight excluding hydrogens is 434 g/mol. The minimum Gasteiger partial charge on any atom is -0.341 e. The van der Waals surface area contributed by atoms with Gasteiger partial charge in [-0.25, -0.2) is 4.98 Å². The molecule has 3 aromatic rings. The molecule has 5 rings (SSSR count). The first-order valence-electron chi connectivity index (χ1n) is 11.5. The van der Waals surface area contributed by atoms with Crippen molar-refractivity contribution in [3.8, 4) is 0 Å². The van der Waals surface area contributed by atoms with Gasteiger partial charge < -0.3 is 4.90 Å². The van der Waals surface area contributed by atoms with Crippen molar-refractivity contribution in [2.24, 2.45) is 5.92 Å². The molecule has 0 bridgehead atoms. The number of carbonyl (C=O) groups excluding carboxylic acids is 3. The minimum absolute atomic E-state index is 0.124. The van der Waals surface area contributed by atoms with Gasteiger partial charge in [-0.1, -0.05) is 38.1 Å². The number of benzene rings is 2. The van der Waals surface area contributed by atoms with Crippen LogP contribution in [0.2, 0.25) is 0 Å². The predicted molar refractivity (Wildman–Crippen MR) is 128 cm³/mol. The summed E-state index contributed by atoms with van der Waals surface area (Å²) in [5.74, 6) is -0.350. The van der Waals surface area contributed by atoms with E-state index >= 15 is 0 Å². The van der Waals surface area contributed by atoms with Crippen LogP contribution >= 0.6 is 11.3 Å². The molecule has 1 atom stereocenters. The minimum atomic E-state index is -0.767. The van der Waals surface area contributed by atoms with Gasteiger partial charge in [-0.2, -0.15) is 0 Å². The maximum absolute atomic E-state index is 13.6. The maximum Gasteiger partial charge on any atom is 0.262 e. The van der Waals surface area contributed by atoms with Crippen LogP contribution in [0.1, 0.15) is 64.8 Å². The standard InChI is InChI=1S/C26H27N3O3S/c1-16(2)15-21(29-24(30)18-7-3-4-8-19(18)25(29)31)26(32)28-13-11-17(12-14-28)23-27-20-9-5-6-10-22(20)33-23/h3-10,16-17,21H,11-15H2,1-2H3. The van der Waals surface area contributed by atoms with E-state index in [0.717, 1.165) is 23.4 Å². The fourth-order valence-electron chi connectivity index (χ4n) is 4.88. The molecule has 0 aliphatic carbocycles. The van der Waals surface area contributed by atoms with Gasteiger partial charge in [-0.3, -0.25) is 19.3 Å². The molecule has 2 aliphatic heterocycles. The van der Waals surface area contributed by atoms with Gasteiger partial charge >= 0.3 is 0 Å². The van der Waals surface area contributed by atoms with Crippen molar-refractivity contribution in [1.29, 1.82) is 0 Å². The third-order valence-electron chi connectivity index (χ3n) is 6.58. The quantitative estimate of drug-likeness (QED) is 0.516. The Balaban J connectivity index is 1.32. The van der Waals surface area contributed by atoms with Gasteiger partial charge in [0.25, 0.3) is 11.8 Å². The number of piperidine rings is 1. The molecule has 1 fully saturated rings. The van der Waals surface area contributed by atoms with Gasteiger partial charge in [0.2, 0.25) is 5.91 Å². The SMILES string of the molecule is CC(C)CC(C(=O)N1CCC(c2nc3ccccc3s2)CC1)N1C(=O)c2ccccc2C1=O. The normalized spacial score (nSPS) is 17.8. The molecule has 1 aromatic heterocycles. The van der Waals surface area contributed by atoms with Crippen molar-refractivity contribution in [3.05, 3.63) is 64.7 Å². The van der Waals surface area contributed by atoms with Crippen LogP contribution in [0, 0.1) is 5.92 Å². The maximum atomic E-state index is 13.6. The van der Waals surface area contributed by atoms with E-state index < -0.39 is 6.04 Å². The van der Waals surface area contributed by atoms with Gasteiger partial charge in [-0.05, 0) is 49.4 Å².